The summed E-state index contributed by atoms with van der Waals surface area (Å²) < 4.78 is 24.6. The van der Waals surface area contributed by atoms with E-state index in [1.807, 2.05) is 49.1 Å². The van der Waals surface area contributed by atoms with E-state index in [9.17, 15) is 22.8 Å². The topological polar surface area (TPSA) is 125 Å². The highest BCUT2D eigenvalue weighted by Crippen LogP contribution is 2.37. The fourth-order valence-corrected chi connectivity index (χ4v) is 8.19. The van der Waals surface area contributed by atoms with Crippen LogP contribution in [0.15, 0.2) is 30.3 Å². The Balaban J connectivity index is 1.96. The number of nitrogens with one attached hydrogen (secondary N) is 3. The minimum atomic E-state index is -3.26. The van der Waals surface area contributed by atoms with E-state index in [0.717, 1.165) is 44.1 Å². The Hall–Kier alpha value is -2.46. The number of carbonyl (C=O) groups excluding carboxylic acids is 3. The molecule has 1 saturated carbocycles. The van der Waals surface area contributed by atoms with E-state index < -0.39 is 33.9 Å². The maximum atomic E-state index is 14.5. The maximum Gasteiger partial charge on any atom is 0.245 e. The zero-order valence-electron chi connectivity index (χ0n) is 27.0. The lowest BCUT2D eigenvalue weighted by Gasteiger charge is -2.39. The van der Waals surface area contributed by atoms with Crippen molar-refractivity contribution in [3.05, 3.63) is 35.9 Å². The van der Waals surface area contributed by atoms with Crippen LogP contribution in [0.1, 0.15) is 90.7 Å². The number of hydrogen-bond donors (Lipinski definition) is 3. The minimum absolute atomic E-state index is 0.000765. The molecule has 43 heavy (non-hydrogen) atoms. The first-order valence-corrected chi connectivity index (χ1v) is 18.2. The summed E-state index contributed by atoms with van der Waals surface area (Å²) in [6.07, 6.45) is 7.90. The Morgan fingerprint density at radius 1 is 0.977 bits per heavy atom. The van der Waals surface area contributed by atoms with Gasteiger partial charge in [0.25, 0.3) is 0 Å². The summed E-state index contributed by atoms with van der Waals surface area (Å²) in [7, 11) is -1.54. The molecule has 0 aromatic heterocycles. The number of nitrogens with zero attached hydrogens (tertiary/aromatic N) is 1. The minimum Gasteiger partial charge on any atom is -0.349 e. The van der Waals surface area contributed by atoms with Gasteiger partial charge in [0, 0.05) is 18.8 Å². The van der Waals surface area contributed by atoms with Crippen molar-refractivity contribution in [2.45, 2.75) is 103 Å². The Morgan fingerprint density at radius 3 is 2.21 bits per heavy atom. The van der Waals surface area contributed by atoms with Crippen LogP contribution < -0.4 is 16.0 Å². The number of hydrogen-bond acceptors (Lipinski definition) is 6. The molecule has 0 radical (unpaired) electrons. The summed E-state index contributed by atoms with van der Waals surface area (Å²) in [4.78, 5) is 43.5. The molecule has 7 unspecified atom stereocenters. The Kier molecular flexibility index (Phi) is 13.1. The molecule has 242 valence electrons. The van der Waals surface area contributed by atoms with E-state index in [4.69, 9.17) is 0 Å². The molecule has 1 aliphatic heterocycles. The van der Waals surface area contributed by atoms with Crippen LogP contribution in [0.2, 0.25) is 0 Å². The van der Waals surface area contributed by atoms with E-state index in [1.165, 1.54) is 6.26 Å². The van der Waals surface area contributed by atoms with E-state index in [0.29, 0.717) is 19.4 Å². The van der Waals surface area contributed by atoms with Crippen LogP contribution in [0.3, 0.4) is 0 Å². The van der Waals surface area contributed by atoms with Gasteiger partial charge in [-0.25, -0.2) is 8.42 Å². The second kappa shape index (κ2) is 16.0. The lowest BCUT2D eigenvalue weighted by atomic mass is 9.80. The maximum absolute atomic E-state index is 14.5. The first kappa shape index (κ1) is 35.0. The molecule has 1 saturated heterocycles. The molecule has 9 nitrogen and oxygen atoms in total. The Morgan fingerprint density at radius 2 is 1.63 bits per heavy atom. The summed E-state index contributed by atoms with van der Waals surface area (Å²) in [5.74, 6) is -1.21. The first-order chi connectivity index (χ1) is 20.4. The van der Waals surface area contributed by atoms with Crippen LogP contribution in [0.4, 0.5) is 0 Å². The quantitative estimate of drug-likeness (QED) is 0.291. The zero-order valence-corrected chi connectivity index (χ0v) is 27.8. The smallest absolute Gasteiger partial charge is 0.245 e. The number of amides is 3. The highest BCUT2D eigenvalue weighted by Gasteiger charge is 2.46. The molecular formula is C33H54N4O5S. The third-order valence-electron chi connectivity index (χ3n) is 9.67. The van der Waals surface area contributed by atoms with Gasteiger partial charge in [0.15, 0.2) is 0 Å². The van der Waals surface area contributed by atoms with Gasteiger partial charge in [0.2, 0.25) is 17.7 Å². The second-order valence-corrected chi connectivity index (χ2v) is 15.2. The zero-order chi connectivity index (χ0) is 31.7. The van der Waals surface area contributed by atoms with Gasteiger partial charge in [-0.1, -0.05) is 69.9 Å². The van der Waals surface area contributed by atoms with E-state index >= 15 is 0 Å². The van der Waals surface area contributed by atoms with Crippen molar-refractivity contribution in [3.63, 3.8) is 0 Å². The molecule has 3 N–H and O–H groups in total. The molecule has 10 heteroatoms. The van der Waals surface area contributed by atoms with Gasteiger partial charge in [0.05, 0.1) is 23.8 Å². The average molecular weight is 619 g/mol. The van der Waals surface area contributed by atoms with E-state index in [-0.39, 0.29) is 47.3 Å². The lowest BCUT2D eigenvalue weighted by Crippen LogP contribution is -2.58. The van der Waals surface area contributed by atoms with Crippen LogP contribution in [-0.2, 0) is 24.2 Å². The van der Waals surface area contributed by atoms with Crippen molar-refractivity contribution in [1.29, 1.82) is 0 Å². The largest absolute Gasteiger partial charge is 0.349 e. The highest BCUT2D eigenvalue weighted by atomic mass is 32.2. The number of benzene rings is 1. The van der Waals surface area contributed by atoms with Crippen LogP contribution in [0.25, 0.3) is 0 Å². The number of carbonyl (C=O) groups is 3. The van der Waals surface area contributed by atoms with Crippen LogP contribution in [0, 0.1) is 23.7 Å². The average Bonchev–Trinajstić information content (AvgIpc) is 3.37. The SMILES string of the molecule is CCC(CC(C(=O)NC(C)c1ccccc1)C1C(C)CCN1C(=O)C(NC(=O)C(C)NC)C1CCCCC1)CS(C)(=O)=O. The van der Waals surface area contributed by atoms with Crippen LogP contribution in [-0.4, -0.2) is 74.8 Å². The number of sulfone groups is 1. The number of likely N-dealkylation sites (N-methyl/N-ethyl adjacent to an activating group) is 1. The Bertz CT molecular complexity index is 1170. The monoisotopic (exact) mass is 618 g/mol. The van der Waals surface area contributed by atoms with Gasteiger partial charge in [-0.3, -0.25) is 14.4 Å². The predicted octanol–water partition coefficient (Wildman–Crippen LogP) is 3.85. The molecule has 0 spiro atoms. The molecule has 0 bridgehead atoms. The van der Waals surface area contributed by atoms with Crippen molar-refractivity contribution in [2.75, 3.05) is 25.6 Å². The molecule has 7 atom stereocenters. The van der Waals surface area contributed by atoms with Crippen LogP contribution >= 0.6 is 0 Å². The highest BCUT2D eigenvalue weighted by molar-refractivity contribution is 7.90. The molecule has 1 aromatic rings. The first-order valence-electron chi connectivity index (χ1n) is 16.2. The van der Waals surface area contributed by atoms with Crippen molar-refractivity contribution < 1.29 is 22.8 Å². The molecular weight excluding hydrogens is 564 g/mol. The predicted molar refractivity (Wildman–Crippen MR) is 171 cm³/mol. The Labute approximate surface area is 259 Å². The lowest BCUT2D eigenvalue weighted by molar-refractivity contribution is -0.142. The standard InChI is InChI=1S/C33H54N4O5S/c1-7-25(21-43(6,41)42)20-28(32(39)35-23(3)26-14-10-8-11-15-26)30-22(2)18-19-37(30)33(40)29(27-16-12-9-13-17-27)36-31(38)24(4)34-5/h8,10-11,14-15,22-25,27-30,34H,7,9,12-13,16-21H2,1-6H3,(H,35,39)(H,36,38). The van der Waals surface area contributed by atoms with Gasteiger partial charge in [-0.15, -0.1) is 0 Å². The van der Waals surface area contributed by atoms with Crippen molar-refractivity contribution in [3.8, 4) is 0 Å². The summed E-state index contributed by atoms with van der Waals surface area (Å²) in [5.41, 5.74) is 0.976. The third kappa shape index (κ3) is 9.76. The van der Waals surface area contributed by atoms with E-state index in [2.05, 4.69) is 22.9 Å². The number of rotatable bonds is 14. The van der Waals surface area contributed by atoms with Gasteiger partial charge < -0.3 is 20.9 Å². The van der Waals surface area contributed by atoms with Gasteiger partial charge in [0.1, 0.15) is 15.9 Å². The molecule has 1 heterocycles. The fraction of sp³-hybridized carbons (Fsp3) is 0.727. The van der Waals surface area contributed by atoms with E-state index in [1.54, 1.807) is 14.0 Å². The third-order valence-corrected chi connectivity index (χ3v) is 10.8. The van der Waals surface area contributed by atoms with Crippen molar-refractivity contribution in [2.24, 2.45) is 23.7 Å². The second-order valence-electron chi connectivity index (χ2n) is 13.0. The molecule has 3 amide bonds. The van der Waals surface area contributed by atoms with Crippen molar-refractivity contribution >= 4 is 27.6 Å². The number of likely N-dealkylation sites (tertiary alicyclic amines) is 1. The summed E-state index contributed by atoms with van der Waals surface area (Å²) in [6, 6.07) is 8.00. The van der Waals surface area contributed by atoms with Crippen molar-refractivity contribution in [1.82, 2.24) is 20.9 Å². The summed E-state index contributed by atoms with van der Waals surface area (Å²) >= 11 is 0. The van der Waals surface area contributed by atoms with Gasteiger partial charge >= 0.3 is 0 Å². The summed E-state index contributed by atoms with van der Waals surface area (Å²) in [6.45, 7) is 8.26. The van der Waals surface area contributed by atoms with Gasteiger partial charge in [-0.2, -0.15) is 0 Å². The van der Waals surface area contributed by atoms with Gasteiger partial charge in [-0.05, 0) is 69.9 Å². The fourth-order valence-electron chi connectivity index (χ4n) is 6.96. The molecule has 1 aromatic carbocycles. The molecule has 2 aliphatic rings. The molecule has 3 rings (SSSR count). The van der Waals surface area contributed by atoms with Crippen LogP contribution in [0.5, 0.6) is 0 Å². The normalized spacial score (nSPS) is 23.2. The molecule has 2 fully saturated rings. The summed E-state index contributed by atoms with van der Waals surface area (Å²) in [5, 5.41) is 9.24. The molecule has 1 aliphatic carbocycles.